The summed E-state index contributed by atoms with van der Waals surface area (Å²) >= 11 is 11.0. The summed E-state index contributed by atoms with van der Waals surface area (Å²) in [5, 5.41) is 0.337. The summed E-state index contributed by atoms with van der Waals surface area (Å²) in [6, 6.07) is 4.85. The van der Waals surface area contributed by atoms with E-state index >= 15 is 0 Å². The van der Waals surface area contributed by atoms with Gasteiger partial charge in [0.05, 0.1) is 10.7 Å². The largest absolute Gasteiger partial charge is 0.389 e. The Labute approximate surface area is 121 Å². The first-order valence-corrected chi connectivity index (χ1v) is 6.74. The van der Waals surface area contributed by atoms with Crippen LogP contribution in [0.25, 0.3) is 0 Å². The number of hydrogen-bond acceptors (Lipinski definition) is 3. The number of benzene rings is 1. The van der Waals surface area contributed by atoms with Crippen LogP contribution < -0.4 is 10.6 Å². The van der Waals surface area contributed by atoms with Crippen LogP contribution in [-0.2, 0) is 9.59 Å². The topological polar surface area (TPSA) is 63.4 Å². The first-order chi connectivity index (χ1) is 9.00. The number of rotatable bonds is 2. The Bertz CT molecular complexity index is 542. The number of carbonyl (C=O) groups is 2. The summed E-state index contributed by atoms with van der Waals surface area (Å²) < 4.78 is 0. The van der Waals surface area contributed by atoms with Crippen molar-refractivity contribution in [1.82, 2.24) is 0 Å². The predicted molar refractivity (Wildman–Crippen MR) is 78.3 cm³/mol. The van der Waals surface area contributed by atoms with Crippen LogP contribution in [-0.4, -0.2) is 16.8 Å². The highest BCUT2D eigenvalue weighted by atomic mass is 35.5. The zero-order valence-corrected chi connectivity index (χ0v) is 11.8. The lowest BCUT2D eigenvalue weighted by Gasteiger charge is -2.20. The molecule has 1 heterocycles. The molecule has 4 nitrogen and oxygen atoms in total. The normalized spacial score (nSPS) is 16.4. The van der Waals surface area contributed by atoms with Gasteiger partial charge in [-0.05, 0) is 25.0 Å². The van der Waals surface area contributed by atoms with Gasteiger partial charge >= 0.3 is 0 Å². The zero-order chi connectivity index (χ0) is 14.0. The summed E-state index contributed by atoms with van der Waals surface area (Å²) in [5.41, 5.74) is 6.51. The monoisotopic (exact) mass is 296 g/mol. The molecule has 1 aromatic carbocycles. The van der Waals surface area contributed by atoms with Gasteiger partial charge in [-0.3, -0.25) is 9.59 Å². The van der Waals surface area contributed by atoms with Crippen molar-refractivity contribution in [3.05, 3.63) is 28.8 Å². The molecule has 1 fully saturated rings. The van der Waals surface area contributed by atoms with E-state index in [1.54, 1.807) is 18.2 Å². The zero-order valence-electron chi connectivity index (χ0n) is 10.2. The van der Waals surface area contributed by atoms with Crippen LogP contribution in [0.15, 0.2) is 18.2 Å². The van der Waals surface area contributed by atoms with Crippen LogP contribution in [0.5, 0.6) is 0 Å². The standard InChI is InChI=1S/C13H13ClN2O2S/c14-9-6-5-8(13(15)19)7-10(9)16-11(17)3-1-2-4-12(16)18/h5-7H,1-4H2,(H2,15,19). The Morgan fingerprint density at radius 1 is 1.21 bits per heavy atom. The van der Waals surface area contributed by atoms with Gasteiger partial charge in [0.25, 0.3) is 0 Å². The Morgan fingerprint density at radius 2 is 1.79 bits per heavy atom. The lowest BCUT2D eigenvalue weighted by Crippen LogP contribution is -2.35. The summed E-state index contributed by atoms with van der Waals surface area (Å²) in [6.07, 6.45) is 2.13. The van der Waals surface area contributed by atoms with Crippen molar-refractivity contribution in [2.24, 2.45) is 5.73 Å². The number of thiocarbonyl (C=S) groups is 1. The van der Waals surface area contributed by atoms with Gasteiger partial charge in [-0.25, -0.2) is 4.90 Å². The highest BCUT2D eigenvalue weighted by Crippen LogP contribution is 2.30. The average molecular weight is 297 g/mol. The van der Waals surface area contributed by atoms with Crippen molar-refractivity contribution in [2.45, 2.75) is 25.7 Å². The van der Waals surface area contributed by atoms with Crippen molar-refractivity contribution >= 4 is 46.3 Å². The maximum absolute atomic E-state index is 12.0. The number of hydrogen-bond donors (Lipinski definition) is 1. The number of imide groups is 1. The molecule has 1 aliphatic heterocycles. The molecule has 2 amide bonds. The smallest absolute Gasteiger partial charge is 0.233 e. The van der Waals surface area contributed by atoms with Crippen molar-refractivity contribution in [3.8, 4) is 0 Å². The van der Waals surface area contributed by atoms with Gasteiger partial charge in [-0.15, -0.1) is 0 Å². The van der Waals surface area contributed by atoms with Crippen LogP contribution in [0.3, 0.4) is 0 Å². The number of carbonyl (C=O) groups excluding carboxylic acids is 2. The second-order valence-electron chi connectivity index (χ2n) is 4.36. The fourth-order valence-electron chi connectivity index (χ4n) is 2.02. The molecule has 1 aliphatic rings. The Hall–Kier alpha value is -1.46. The molecular formula is C13H13ClN2O2S. The van der Waals surface area contributed by atoms with Crippen LogP contribution in [0, 0.1) is 0 Å². The first kappa shape index (κ1) is 14.0. The quantitative estimate of drug-likeness (QED) is 0.672. The molecule has 2 N–H and O–H groups in total. The van der Waals surface area contributed by atoms with Gasteiger partial charge in [0.1, 0.15) is 4.99 Å². The molecule has 1 saturated heterocycles. The van der Waals surface area contributed by atoms with E-state index < -0.39 is 0 Å². The van der Waals surface area contributed by atoms with E-state index in [0.717, 1.165) is 4.90 Å². The number of nitrogens with zero attached hydrogens (tertiary/aromatic N) is 1. The summed E-state index contributed by atoms with van der Waals surface area (Å²) in [4.78, 5) is 25.4. The molecule has 0 bridgehead atoms. The van der Waals surface area contributed by atoms with E-state index in [4.69, 9.17) is 29.6 Å². The van der Waals surface area contributed by atoms with Crippen molar-refractivity contribution in [2.75, 3.05) is 4.90 Å². The van der Waals surface area contributed by atoms with Crippen LogP contribution >= 0.6 is 23.8 Å². The fourth-order valence-corrected chi connectivity index (χ4v) is 2.35. The second kappa shape index (κ2) is 5.67. The molecule has 1 aromatic rings. The summed E-state index contributed by atoms with van der Waals surface area (Å²) in [5.74, 6) is -0.464. The number of amides is 2. The minimum Gasteiger partial charge on any atom is -0.389 e. The molecule has 0 atom stereocenters. The average Bonchev–Trinajstić information content (AvgIpc) is 2.52. The molecule has 0 aromatic heterocycles. The van der Waals surface area contributed by atoms with Crippen molar-refractivity contribution in [3.63, 3.8) is 0 Å². The van der Waals surface area contributed by atoms with E-state index in [0.29, 0.717) is 42.0 Å². The Morgan fingerprint density at radius 3 is 2.32 bits per heavy atom. The Kier molecular flexibility index (Phi) is 4.17. The van der Waals surface area contributed by atoms with Crippen molar-refractivity contribution in [1.29, 1.82) is 0 Å². The van der Waals surface area contributed by atoms with Gasteiger partial charge in [0.2, 0.25) is 11.8 Å². The molecule has 0 radical (unpaired) electrons. The van der Waals surface area contributed by atoms with E-state index in [1.165, 1.54) is 0 Å². The third-order valence-corrected chi connectivity index (χ3v) is 3.56. The Balaban J connectivity index is 2.48. The highest BCUT2D eigenvalue weighted by Gasteiger charge is 2.27. The maximum Gasteiger partial charge on any atom is 0.233 e. The first-order valence-electron chi connectivity index (χ1n) is 5.96. The van der Waals surface area contributed by atoms with Gasteiger partial charge in [-0.1, -0.05) is 29.9 Å². The van der Waals surface area contributed by atoms with E-state index in [-0.39, 0.29) is 16.8 Å². The third-order valence-electron chi connectivity index (χ3n) is 3.00. The molecule has 100 valence electrons. The minimum atomic E-state index is -0.232. The van der Waals surface area contributed by atoms with Gasteiger partial charge in [0, 0.05) is 18.4 Å². The molecule has 19 heavy (non-hydrogen) atoms. The van der Waals surface area contributed by atoms with Crippen LogP contribution in [0.1, 0.15) is 31.2 Å². The molecule has 0 aliphatic carbocycles. The molecule has 0 saturated carbocycles. The molecule has 0 spiro atoms. The molecule has 2 rings (SSSR count). The van der Waals surface area contributed by atoms with Crippen molar-refractivity contribution < 1.29 is 9.59 Å². The number of anilines is 1. The summed E-state index contributed by atoms with van der Waals surface area (Å²) in [7, 11) is 0. The molecular weight excluding hydrogens is 284 g/mol. The second-order valence-corrected chi connectivity index (χ2v) is 5.21. The lowest BCUT2D eigenvalue weighted by atomic mass is 10.1. The van der Waals surface area contributed by atoms with Crippen LogP contribution in [0.2, 0.25) is 5.02 Å². The van der Waals surface area contributed by atoms with E-state index in [2.05, 4.69) is 0 Å². The molecule has 6 heteroatoms. The number of halogens is 1. The lowest BCUT2D eigenvalue weighted by molar-refractivity contribution is -0.125. The summed E-state index contributed by atoms with van der Waals surface area (Å²) in [6.45, 7) is 0. The molecule has 0 unspecified atom stereocenters. The van der Waals surface area contributed by atoms with Gasteiger partial charge in [-0.2, -0.15) is 0 Å². The third kappa shape index (κ3) is 2.93. The number of nitrogens with two attached hydrogens (primary N) is 1. The maximum atomic E-state index is 12.0. The SMILES string of the molecule is NC(=S)c1ccc(Cl)c(N2C(=O)CCCCC2=O)c1. The van der Waals surface area contributed by atoms with Gasteiger partial charge in [0.15, 0.2) is 0 Å². The van der Waals surface area contributed by atoms with Crippen LogP contribution in [0.4, 0.5) is 5.69 Å². The fraction of sp³-hybridized carbons (Fsp3) is 0.308. The predicted octanol–water partition coefficient (Wildman–Crippen LogP) is 2.41. The van der Waals surface area contributed by atoms with E-state index in [9.17, 15) is 9.59 Å². The highest BCUT2D eigenvalue weighted by molar-refractivity contribution is 7.80. The van der Waals surface area contributed by atoms with E-state index in [1.807, 2.05) is 0 Å². The minimum absolute atomic E-state index is 0.202. The van der Waals surface area contributed by atoms with Gasteiger partial charge < -0.3 is 5.73 Å².